The number of H-pyrrole nitrogens is 1. The molecule has 0 aliphatic carbocycles. The fourth-order valence-electron chi connectivity index (χ4n) is 2.71. The van der Waals surface area contributed by atoms with E-state index < -0.39 is 0 Å². The number of fused-ring (bicyclic) bond motifs is 3. The highest BCUT2D eigenvalue weighted by Gasteiger charge is 2.18. The number of hydrogen-bond donors (Lipinski definition) is 1. The Kier molecular flexibility index (Phi) is 4.02. The molecule has 0 aliphatic heterocycles. The molecule has 0 fully saturated rings. The van der Waals surface area contributed by atoms with Gasteiger partial charge in [-0.2, -0.15) is 0 Å². The molecule has 0 radical (unpaired) electrons. The monoisotopic (exact) mass is 311 g/mol. The number of aromatic amines is 1. The first kappa shape index (κ1) is 15.1. The molecule has 1 aromatic heterocycles. The first-order chi connectivity index (χ1) is 11.2. The quantitative estimate of drug-likeness (QED) is 0.746. The molecular weight excluding hydrogens is 294 g/mol. The number of para-hydroxylation sites is 2. The third kappa shape index (κ3) is 2.54. The van der Waals surface area contributed by atoms with Gasteiger partial charge in [0.1, 0.15) is 0 Å². The van der Waals surface area contributed by atoms with E-state index in [0.717, 1.165) is 10.8 Å². The lowest BCUT2D eigenvalue weighted by Crippen LogP contribution is -2.05. The molecule has 118 valence electrons. The molecule has 0 saturated carbocycles. The Bertz CT molecular complexity index is 822. The maximum atomic E-state index is 12.1. The van der Waals surface area contributed by atoms with Gasteiger partial charge in [-0.3, -0.25) is 0 Å². The van der Waals surface area contributed by atoms with Gasteiger partial charge >= 0.3 is 11.9 Å². The number of esters is 2. The second-order valence-electron chi connectivity index (χ2n) is 5.02. The lowest BCUT2D eigenvalue weighted by molar-refractivity contribution is 0.0519. The summed E-state index contributed by atoms with van der Waals surface area (Å²) in [5, 5.41) is 1.74. The summed E-state index contributed by atoms with van der Waals surface area (Å²) in [6, 6.07) is 10.8. The van der Waals surface area contributed by atoms with Gasteiger partial charge in [0, 0.05) is 10.8 Å². The molecule has 3 rings (SSSR count). The first-order valence-electron chi connectivity index (χ1n) is 7.55. The molecule has 0 aliphatic rings. The lowest BCUT2D eigenvalue weighted by atomic mass is 10.1. The summed E-state index contributed by atoms with van der Waals surface area (Å²) in [5.74, 6) is -0.773. The zero-order valence-corrected chi connectivity index (χ0v) is 13.0. The molecule has 5 nitrogen and oxygen atoms in total. The zero-order chi connectivity index (χ0) is 16.4. The van der Waals surface area contributed by atoms with E-state index in [-0.39, 0.29) is 11.9 Å². The van der Waals surface area contributed by atoms with Crippen LogP contribution in [0.5, 0.6) is 0 Å². The van der Waals surface area contributed by atoms with E-state index in [9.17, 15) is 9.59 Å². The second-order valence-corrected chi connectivity index (χ2v) is 5.02. The second kappa shape index (κ2) is 6.12. The summed E-state index contributed by atoms with van der Waals surface area (Å²) in [6.07, 6.45) is 0. The van der Waals surface area contributed by atoms with Gasteiger partial charge in [0.25, 0.3) is 0 Å². The number of benzene rings is 2. The topological polar surface area (TPSA) is 68.4 Å². The van der Waals surface area contributed by atoms with E-state index in [2.05, 4.69) is 4.98 Å². The number of aromatic nitrogens is 1. The number of rotatable bonds is 4. The standard InChI is InChI=1S/C18H17NO4/c1-3-22-17(20)13-9-5-7-11-12-8-6-10-14(18(21)23-4-2)16(12)19-15(11)13/h5-10,19H,3-4H2,1-2H3. The van der Waals surface area contributed by atoms with Gasteiger partial charge in [0.05, 0.1) is 35.4 Å². The Morgan fingerprint density at radius 3 is 1.65 bits per heavy atom. The minimum Gasteiger partial charge on any atom is -0.462 e. The van der Waals surface area contributed by atoms with Gasteiger partial charge < -0.3 is 14.5 Å². The Balaban J connectivity index is 2.26. The van der Waals surface area contributed by atoms with Crippen LogP contribution in [0.15, 0.2) is 36.4 Å². The van der Waals surface area contributed by atoms with Crippen LogP contribution in [-0.4, -0.2) is 30.1 Å². The molecule has 1 N–H and O–H groups in total. The minimum atomic E-state index is -0.387. The third-order valence-corrected chi connectivity index (χ3v) is 3.66. The van der Waals surface area contributed by atoms with Crippen molar-refractivity contribution < 1.29 is 19.1 Å². The Morgan fingerprint density at radius 2 is 1.26 bits per heavy atom. The number of nitrogens with one attached hydrogen (secondary N) is 1. The van der Waals surface area contributed by atoms with Crippen molar-refractivity contribution in [2.24, 2.45) is 0 Å². The average molecular weight is 311 g/mol. The van der Waals surface area contributed by atoms with Crippen LogP contribution in [0.25, 0.3) is 21.8 Å². The zero-order valence-electron chi connectivity index (χ0n) is 13.0. The molecular formula is C18H17NO4. The summed E-state index contributed by atoms with van der Waals surface area (Å²) in [7, 11) is 0. The predicted molar refractivity (Wildman–Crippen MR) is 87.7 cm³/mol. The Hall–Kier alpha value is -2.82. The summed E-state index contributed by atoms with van der Waals surface area (Å²) in [4.78, 5) is 27.4. The smallest absolute Gasteiger partial charge is 0.340 e. The van der Waals surface area contributed by atoms with Crippen LogP contribution < -0.4 is 0 Å². The van der Waals surface area contributed by atoms with Crippen LogP contribution >= 0.6 is 0 Å². The molecule has 3 aromatic rings. The van der Waals surface area contributed by atoms with Crippen LogP contribution in [0.3, 0.4) is 0 Å². The van der Waals surface area contributed by atoms with Crippen LogP contribution in [0.1, 0.15) is 34.6 Å². The SMILES string of the molecule is CCOC(=O)c1cccc2c1[nH]c1c(C(=O)OCC)cccc12. The third-order valence-electron chi connectivity index (χ3n) is 3.66. The molecule has 0 atom stereocenters. The fourth-order valence-corrected chi connectivity index (χ4v) is 2.71. The van der Waals surface area contributed by atoms with Crippen molar-refractivity contribution in [2.75, 3.05) is 13.2 Å². The van der Waals surface area contributed by atoms with Gasteiger partial charge in [-0.05, 0) is 26.0 Å². The largest absolute Gasteiger partial charge is 0.462 e. The number of carbonyl (C=O) groups is 2. The highest BCUT2D eigenvalue weighted by Crippen LogP contribution is 2.30. The summed E-state index contributed by atoms with van der Waals surface area (Å²) in [6.45, 7) is 4.15. The van der Waals surface area contributed by atoms with Crippen molar-refractivity contribution in [3.63, 3.8) is 0 Å². The average Bonchev–Trinajstić information content (AvgIpc) is 2.93. The Morgan fingerprint density at radius 1 is 0.826 bits per heavy atom. The highest BCUT2D eigenvalue weighted by molar-refractivity contribution is 6.17. The summed E-state index contributed by atoms with van der Waals surface area (Å²) >= 11 is 0. The summed E-state index contributed by atoms with van der Waals surface area (Å²) < 4.78 is 10.2. The van der Waals surface area contributed by atoms with Crippen molar-refractivity contribution in [1.29, 1.82) is 0 Å². The highest BCUT2D eigenvalue weighted by atomic mass is 16.5. The normalized spacial score (nSPS) is 10.9. The summed E-state index contributed by atoms with van der Waals surface area (Å²) in [5.41, 5.74) is 2.24. The van der Waals surface area contributed by atoms with Crippen molar-refractivity contribution in [2.45, 2.75) is 13.8 Å². The number of ether oxygens (including phenoxy) is 2. The van der Waals surface area contributed by atoms with Gasteiger partial charge in [0.2, 0.25) is 0 Å². The molecule has 5 heteroatoms. The van der Waals surface area contributed by atoms with Crippen LogP contribution in [0.2, 0.25) is 0 Å². The number of carbonyl (C=O) groups excluding carboxylic acids is 2. The minimum absolute atomic E-state index is 0.309. The molecule has 2 aromatic carbocycles. The van der Waals surface area contributed by atoms with Crippen molar-refractivity contribution in [3.05, 3.63) is 47.5 Å². The molecule has 0 saturated heterocycles. The Labute approximate surface area is 133 Å². The van der Waals surface area contributed by atoms with Gasteiger partial charge in [-0.1, -0.05) is 24.3 Å². The molecule has 0 unspecified atom stereocenters. The van der Waals surface area contributed by atoms with Crippen molar-refractivity contribution >= 4 is 33.7 Å². The van der Waals surface area contributed by atoms with E-state index >= 15 is 0 Å². The van der Waals surface area contributed by atoms with Crippen molar-refractivity contribution in [1.82, 2.24) is 4.98 Å². The van der Waals surface area contributed by atoms with E-state index in [1.54, 1.807) is 38.1 Å². The fraction of sp³-hybridized carbons (Fsp3) is 0.222. The first-order valence-corrected chi connectivity index (χ1v) is 7.55. The van der Waals surface area contributed by atoms with Crippen LogP contribution in [0.4, 0.5) is 0 Å². The molecule has 23 heavy (non-hydrogen) atoms. The predicted octanol–water partition coefficient (Wildman–Crippen LogP) is 3.67. The molecule has 0 spiro atoms. The van der Waals surface area contributed by atoms with E-state index in [1.165, 1.54) is 0 Å². The molecule has 0 amide bonds. The maximum Gasteiger partial charge on any atom is 0.340 e. The van der Waals surface area contributed by atoms with Crippen LogP contribution in [0, 0.1) is 0 Å². The molecule has 0 bridgehead atoms. The van der Waals surface area contributed by atoms with Gasteiger partial charge in [-0.15, -0.1) is 0 Å². The number of hydrogen-bond acceptors (Lipinski definition) is 4. The van der Waals surface area contributed by atoms with E-state index in [4.69, 9.17) is 9.47 Å². The van der Waals surface area contributed by atoms with Gasteiger partial charge in [-0.25, -0.2) is 9.59 Å². The van der Waals surface area contributed by atoms with Crippen molar-refractivity contribution in [3.8, 4) is 0 Å². The lowest BCUT2D eigenvalue weighted by Gasteiger charge is -2.02. The van der Waals surface area contributed by atoms with Crippen LogP contribution in [-0.2, 0) is 9.47 Å². The van der Waals surface area contributed by atoms with E-state index in [1.807, 2.05) is 12.1 Å². The van der Waals surface area contributed by atoms with E-state index in [0.29, 0.717) is 35.4 Å². The van der Waals surface area contributed by atoms with Gasteiger partial charge in [0.15, 0.2) is 0 Å². The maximum absolute atomic E-state index is 12.1. The molecule has 1 heterocycles.